The van der Waals surface area contributed by atoms with Crippen LogP contribution in [0, 0.1) is 0 Å². The number of hydrogen-bond acceptors (Lipinski definition) is 4. The molecular formula is C10H13BrO4. The summed E-state index contributed by atoms with van der Waals surface area (Å²) in [6, 6.07) is 4.50. The van der Waals surface area contributed by atoms with E-state index < -0.39 is 12.2 Å². The Bertz CT molecular complexity index is 329. The molecule has 4 nitrogen and oxygen atoms in total. The second-order valence-corrected chi connectivity index (χ2v) is 3.75. The lowest BCUT2D eigenvalue weighted by Crippen LogP contribution is -2.19. The van der Waals surface area contributed by atoms with Gasteiger partial charge in [0, 0.05) is 5.33 Å². The Labute approximate surface area is 96.3 Å². The van der Waals surface area contributed by atoms with Gasteiger partial charge in [0.1, 0.15) is 6.10 Å². The molecule has 0 aliphatic heterocycles. The van der Waals surface area contributed by atoms with Gasteiger partial charge < -0.3 is 20.1 Å². The molecule has 1 rings (SSSR count). The van der Waals surface area contributed by atoms with Gasteiger partial charge in [-0.3, -0.25) is 0 Å². The van der Waals surface area contributed by atoms with E-state index in [4.69, 9.17) is 4.74 Å². The van der Waals surface area contributed by atoms with Gasteiger partial charge in [0.25, 0.3) is 0 Å². The van der Waals surface area contributed by atoms with Gasteiger partial charge in [-0.05, 0) is 17.7 Å². The van der Waals surface area contributed by atoms with Gasteiger partial charge in [-0.25, -0.2) is 0 Å². The van der Waals surface area contributed by atoms with E-state index in [2.05, 4.69) is 15.9 Å². The summed E-state index contributed by atoms with van der Waals surface area (Å²) in [5, 5.41) is 28.8. The number of aliphatic hydroxyl groups is 2. The van der Waals surface area contributed by atoms with Gasteiger partial charge in [0.2, 0.25) is 0 Å². The summed E-state index contributed by atoms with van der Waals surface area (Å²) in [6.45, 7) is 0. The first-order valence-electron chi connectivity index (χ1n) is 4.39. The van der Waals surface area contributed by atoms with Crippen molar-refractivity contribution in [3.8, 4) is 11.5 Å². The number of methoxy groups -OCH3 is 1. The zero-order valence-electron chi connectivity index (χ0n) is 8.22. The van der Waals surface area contributed by atoms with Crippen LogP contribution in [0.1, 0.15) is 11.7 Å². The van der Waals surface area contributed by atoms with Gasteiger partial charge in [-0.15, -0.1) is 0 Å². The molecule has 0 heterocycles. The van der Waals surface area contributed by atoms with Crippen molar-refractivity contribution < 1.29 is 20.1 Å². The number of aromatic hydroxyl groups is 1. The molecule has 0 radical (unpaired) electrons. The van der Waals surface area contributed by atoms with Crippen molar-refractivity contribution in [2.45, 2.75) is 12.2 Å². The lowest BCUT2D eigenvalue weighted by Gasteiger charge is -2.16. The first-order valence-corrected chi connectivity index (χ1v) is 5.51. The predicted octanol–water partition coefficient (Wildman–Crippen LogP) is 1.19. The van der Waals surface area contributed by atoms with Gasteiger partial charge in [-0.2, -0.15) is 0 Å². The lowest BCUT2D eigenvalue weighted by atomic mass is 10.1. The molecule has 2 atom stereocenters. The van der Waals surface area contributed by atoms with E-state index in [-0.39, 0.29) is 11.1 Å². The number of phenols is 1. The quantitative estimate of drug-likeness (QED) is 0.723. The van der Waals surface area contributed by atoms with Crippen molar-refractivity contribution >= 4 is 15.9 Å². The number of alkyl halides is 1. The fraction of sp³-hybridized carbons (Fsp3) is 0.400. The Morgan fingerprint density at radius 1 is 1.40 bits per heavy atom. The molecule has 0 amide bonds. The molecule has 0 saturated heterocycles. The van der Waals surface area contributed by atoms with E-state index in [0.717, 1.165) is 0 Å². The highest BCUT2D eigenvalue weighted by molar-refractivity contribution is 9.09. The summed E-state index contributed by atoms with van der Waals surface area (Å²) < 4.78 is 4.86. The smallest absolute Gasteiger partial charge is 0.160 e. The molecule has 2 unspecified atom stereocenters. The number of phenolic OH excluding ortho intramolecular Hbond substituents is 1. The average Bonchev–Trinajstić information content (AvgIpc) is 2.26. The normalized spacial score (nSPS) is 14.7. The molecule has 1 aromatic carbocycles. The maximum atomic E-state index is 9.65. The zero-order valence-corrected chi connectivity index (χ0v) is 9.81. The third-order valence-electron chi connectivity index (χ3n) is 2.07. The fourth-order valence-electron chi connectivity index (χ4n) is 1.20. The van der Waals surface area contributed by atoms with E-state index in [1.807, 2.05) is 0 Å². The SMILES string of the molecule is COc1ccc(C(O)C(O)CBr)cc1O. The van der Waals surface area contributed by atoms with E-state index >= 15 is 0 Å². The van der Waals surface area contributed by atoms with E-state index in [9.17, 15) is 15.3 Å². The first-order chi connectivity index (χ1) is 7.10. The molecule has 0 aliphatic carbocycles. The molecule has 15 heavy (non-hydrogen) atoms. The van der Waals surface area contributed by atoms with Gasteiger partial charge in [-0.1, -0.05) is 22.0 Å². The highest BCUT2D eigenvalue weighted by Crippen LogP contribution is 2.30. The number of hydrogen-bond donors (Lipinski definition) is 3. The van der Waals surface area contributed by atoms with Crippen LogP contribution >= 0.6 is 15.9 Å². The van der Waals surface area contributed by atoms with Crippen LogP contribution < -0.4 is 4.74 Å². The number of benzene rings is 1. The van der Waals surface area contributed by atoms with Crippen LogP contribution in [0.4, 0.5) is 0 Å². The standard InChI is InChI=1S/C10H13BrO4/c1-15-9-3-2-6(4-7(9)12)10(14)8(13)5-11/h2-4,8,10,12-14H,5H2,1H3. The predicted molar refractivity (Wildman–Crippen MR) is 59.4 cm³/mol. The summed E-state index contributed by atoms with van der Waals surface area (Å²) >= 11 is 3.06. The number of ether oxygens (including phenoxy) is 1. The summed E-state index contributed by atoms with van der Waals surface area (Å²) in [6.07, 6.45) is -1.93. The Morgan fingerprint density at radius 2 is 2.07 bits per heavy atom. The maximum absolute atomic E-state index is 9.65. The average molecular weight is 277 g/mol. The molecule has 0 aliphatic rings. The number of aliphatic hydroxyl groups excluding tert-OH is 2. The Kier molecular flexibility index (Phi) is 4.38. The second-order valence-electron chi connectivity index (χ2n) is 3.10. The first kappa shape index (κ1) is 12.3. The van der Waals surface area contributed by atoms with Crippen molar-refractivity contribution in [1.29, 1.82) is 0 Å². The molecule has 84 valence electrons. The largest absolute Gasteiger partial charge is 0.504 e. The Morgan fingerprint density at radius 3 is 2.53 bits per heavy atom. The number of halogens is 1. The van der Waals surface area contributed by atoms with Crippen LogP contribution in [0.25, 0.3) is 0 Å². The van der Waals surface area contributed by atoms with E-state index in [0.29, 0.717) is 11.3 Å². The number of rotatable bonds is 4. The van der Waals surface area contributed by atoms with Gasteiger partial charge >= 0.3 is 0 Å². The highest BCUT2D eigenvalue weighted by Gasteiger charge is 2.18. The van der Waals surface area contributed by atoms with Crippen molar-refractivity contribution in [2.24, 2.45) is 0 Å². The minimum atomic E-state index is -1.03. The summed E-state index contributed by atoms with van der Waals surface area (Å²) in [7, 11) is 1.44. The molecular weight excluding hydrogens is 264 g/mol. The lowest BCUT2D eigenvalue weighted by molar-refractivity contribution is 0.0341. The molecule has 3 N–H and O–H groups in total. The topological polar surface area (TPSA) is 69.9 Å². The van der Waals surface area contributed by atoms with Crippen molar-refractivity contribution in [1.82, 2.24) is 0 Å². The maximum Gasteiger partial charge on any atom is 0.160 e. The molecule has 0 bridgehead atoms. The summed E-state index contributed by atoms with van der Waals surface area (Å²) in [4.78, 5) is 0. The van der Waals surface area contributed by atoms with E-state index in [1.165, 1.54) is 19.2 Å². The zero-order chi connectivity index (χ0) is 11.4. The van der Waals surface area contributed by atoms with Crippen LogP contribution in [0.5, 0.6) is 11.5 Å². The fourth-order valence-corrected chi connectivity index (χ4v) is 1.55. The third-order valence-corrected chi connectivity index (χ3v) is 2.73. The minimum Gasteiger partial charge on any atom is -0.504 e. The van der Waals surface area contributed by atoms with Crippen molar-refractivity contribution in [2.75, 3.05) is 12.4 Å². The monoisotopic (exact) mass is 276 g/mol. The van der Waals surface area contributed by atoms with Gasteiger partial charge in [0.05, 0.1) is 13.2 Å². The van der Waals surface area contributed by atoms with Crippen LogP contribution in [0.2, 0.25) is 0 Å². The highest BCUT2D eigenvalue weighted by atomic mass is 79.9. The third kappa shape index (κ3) is 2.84. The van der Waals surface area contributed by atoms with Crippen LogP contribution in [0.3, 0.4) is 0 Å². The molecule has 1 aromatic rings. The van der Waals surface area contributed by atoms with Crippen molar-refractivity contribution in [3.63, 3.8) is 0 Å². The molecule has 0 spiro atoms. The molecule has 0 fully saturated rings. The van der Waals surface area contributed by atoms with Crippen molar-refractivity contribution in [3.05, 3.63) is 23.8 Å². The molecule has 5 heteroatoms. The summed E-state index contributed by atoms with van der Waals surface area (Å²) in [5.41, 5.74) is 0.445. The second kappa shape index (κ2) is 5.34. The Hall–Kier alpha value is -0.780. The van der Waals surface area contributed by atoms with E-state index in [1.54, 1.807) is 6.07 Å². The van der Waals surface area contributed by atoms with Crippen LogP contribution in [0.15, 0.2) is 18.2 Å². The Balaban J connectivity index is 2.92. The van der Waals surface area contributed by atoms with Crippen LogP contribution in [-0.4, -0.2) is 33.9 Å². The molecule has 0 saturated carbocycles. The van der Waals surface area contributed by atoms with Gasteiger partial charge in [0.15, 0.2) is 11.5 Å². The molecule has 0 aromatic heterocycles. The van der Waals surface area contributed by atoms with Crippen LogP contribution in [-0.2, 0) is 0 Å². The summed E-state index contributed by atoms with van der Waals surface area (Å²) in [5.74, 6) is 0.273. The minimum absolute atomic E-state index is 0.0594.